The van der Waals surface area contributed by atoms with Gasteiger partial charge in [0.05, 0.1) is 5.69 Å². The number of thiophene rings is 1. The number of fused-ring (bicyclic) bond motifs is 1. The highest BCUT2D eigenvalue weighted by Crippen LogP contribution is 2.31. The van der Waals surface area contributed by atoms with Crippen LogP contribution in [-0.4, -0.2) is 36.4 Å². The third-order valence-electron chi connectivity index (χ3n) is 4.76. The van der Waals surface area contributed by atoms with Crippen molar-refractivity contribution in [1.82, 2.24) is 9.46 Å². The van der Waals surface area contributed by atoms with Crippen molar-refractivity contribution >= 4 is 33.2 Å². The lowest BCUT2D eigenvalue weighted by Crippen LogP contribution is -2.49. The number of nitrogens with zero attached hydrogens (tertiary/aromatic N) is 2. The van der Waals surface area contributed by atoms with Gasteiger partial charge in [-0.1, -0.05) is 17.6 Å². The zero-order valence-corrected chi connectivity index (χ0v) is 15.2. The Morgan fingerprint density at radius 2 is 2.20 bits per heavy atom. The zero-order chi connectivity index (χ0) is 17.4. The molecule has 3 heterocycles. The highest BCUT2D eigenvalue weighted by atomic mass is 32.2. The molecule has 1 aliphatic heterocycles. The summed E-state index contributed by atoms with van der Waals surface area (Å²) in [4.78, 5) is 12.8. The second kappa shape index (κ2) is 6.54. The monoisotopic (exact) mass is 381 g/mol. The molecule has 0 radical (unpaired) electrons. The molecule has 25 heavy (non-hydrogen) atoms. The van der Waals surface area contributed by atoms with Gasteiger partial charge in [0, 0.05) is 12.1 Å². The summed E-state index contributed by atoms with van der Waals surface area (Å²) >= 11 is 1.17. The first-order chi connectivity index (χ1) is 12.1. The van der Waals surface area contributed by atoms with E-state index in [1.807, 2.05) is 0 Å². The number of anilines is 1. The Morgan fingerprint density at radius 3 is 3.00 bits per heavy atom. The minimum atomic E-state index is -3.66. The van der Waals surface area contributed by atoms with Crippen LogP contribution >= 0.6 is 11.3 Å². The highest BCUT2D eigenvalue weighted by Gasteiger charge is 2.38. The Bertz CT molecular complexity index is 873. The number of amides is 1. The Balaban J connectivity index is 1.57. The lowest BCUT2D eigenvalue weighted by molar-refractivity contribution is -0.120. The highest BCUT2D eigenvalue weighted by molar-refractivity contribution is 7.91. The second-order valence-corrected chi connectivity index (χ2v) is 9.40. The average Bonchev–Trinajstić information content (AvgIpc) is 3.34. The fourth-order valence-corrected chi connectivity index (χ4v) is 6.28. The first kappa shape index (κ1) is 16.7. The van der Waals surface area contributed by atoms with Crippen LogP contribution in [-0.2, 0) is 27.7 Å². The van der Waals surface area contributed by atoms with E-state index >= 15 is 0 Å². The summed E-state index contributed by atoms with van der Waals surface area (Å²) in [5, 5.41) is 8.48. The molecule has 7 nitrogen and oxygen atoms in total. The maximum Gasteiger partial charge on any atom is 0.253 e. The number of hydrogen-bond acceptors (Lipinski definition) is 6. The third-order valence-corrected chi connectivity index (χ3v) is 8.04. The molecule has 1 amide bonds. The van der Waals surface area contributed by atoms with Gasteiger partial charge < -0.3 is 4.52 Å². The van der Waals surface area contributed by atoms with E-state index in [9.17, 15) is 13.2 Å². The van der Waals surface area contributed by atoms with Crippen molar-refractivity contribution in [2.75, 3.05) is 11.9 Å². The predicted octanol–water partition coefficient (Wildman–Crippen LogP) is 2.41. The number of sulfonamides is 1. The quantitative estimate of drug-likeness (QED) is 0.878. The molecular weight excluding hydrogens is 362 g/mol. The molecule has 134 valence electrons. The Labute approximate surface area is 150 Å². The van der Waals surface area contributed by atoms with Crippen LogP contribution in [0.3, 0.4) is 0 Å². The van der Waals surface area contributed by atoms with Crippen molar-refractivity contribution in [3.05, 3.63) is 28.8 Å². The standard InChI is InChI=1S/C16H19N3O4S2/c20-15(17-16-11-5-3-6-12(11)18-23-16)13-7-1-2-9-19(13)25(21,22)14-8-4-10-24-14/h4,8,10,13H,1-3,5-7,9H2,(H,17,20)/t13-/m1/s1. The van der Waals surface area contributed by atoms with Gasteiger partial charge in [-0.25, -0.2) is 8.42 Å². The number of aromatic nitrogens is 1. The van der Waals surface area contributed by atoms with E-state index in [1.165, 1.54) is 15.6 Å². The van der Waals surface area contributed by atoms with E-state index in [1.54, 1.807) is 17.5 Å². The van der Waals surface area contributed by atoms with Gasteiger partial charge in [0.25, 0.3) is 10.0 Å². The van der Waals surface area contributed by atoms with E-state index < -0.39 is 16.1 Å². The van der Waals surface area contributed by atoms with Gasteiger partial charge in [-0.3, -0.25) is 10.1 Å². The lowest BCUT2D eigenvalue weighted by Gasteiger charge is -2.32. The number of piperidine rings is 1. The topological polar surface area (TPSA) is 92.5 Å². The van der Waals surface area contributed by atoms with Gasteiger partial charge >= 0.3 is 0 Å². The van der Waals surface area contributed by atoms with Crippen LogP contribution < -0.4 is 5.32 Å². The van der Waals surface area contributed by atoms with Crippen LogP contribution in [0.15, 0.2) is 26.2 Å². The number of nitrogens with one attached hydrogen (secondary N) is 1. The van der Waals surface area contributed by atoms with Crippen molar-refractivity contribution in [3.63, 3.8) is 0 Å². The van der Waals surface area contributed by atoms with Crippen molar-refractivity contribution in [3.8, 4) is 0 Å². The smallest absolute Gasteiger partial charge is 0.253 e. The largest absolute Gasteiger partial charge is 0.338 e. The zero-order valence-electron chi connectivity index (χ0n) is 13.6. The summed E-state index contributed by atoms with van der Waals surface area (Å²) in [6.07, 6.45) is 4.77. The summed E-state index contributed by atoms with van der Waals surface area (Å²) < 4.78 is 32.6. The minimum Gasteiger partial charge on any atom is -0.338 e. The van der Waals surface area contributed by atoms with Crippen molar-refractivity contribution in [1.29, 1.82) is 0 Å². The molecule has 2 aromatic rings. The Morgan fingerprint density at radius 1 is 1.32 bits per heavy atom. The fourth-order valence-electron chi connectivity index (χ4n) is 3.50. The van der Waals surface area contributed by atoms with E-state index in [0.717, 1.165) is 43.4 Å². The molecule has 0 saturated carbocycles. The average molecular weight is 381 g/mol. The predicted molar refractivity (Wildman–Crippen MR) is 93.0 cm³/mol. The number of hydrogen-bond donors (Lipinski definition) is 1. The molecule has 0 spiro atoms. The summed E-state index contributed by atoms with van der Waals surface area (Å²) in [5.74, 6) is 0.0298. The van der Waals surface area contributed by atoms with E-state index in [0.29, 0.717) is 18.8 Å². The molecule has 0 bridgehead atoms. The molecule has 9 heteroatoms. The maximum atomic E-state index is 12.9. The SMILES string of the molecule is O=C(Nc1onc2c1CCC2)[C@H]1CCCCN1S(=O)(=O)c1cccs1. The first-order valence-electron chi connectivity index (χ1n) is 8.41. The summed E-state index contributed by atoms with van der Waals surface area (Å²) in [6, 6.07) is 2.56. The van der Waals surface area contributed by atoms with Crippen molar-refractivity contribution < 1.29 is 17.7 Å². The van der Waals surface area contributed by atoms with E-state index in [4.69, 9.17) is 4.52 Å². The van der Waals surface area contributed by atoms with Gasteiger partial charge in [0.1, 0.15) is 10.3 Å². The molecule has 4 rings (SSSR count). The summed E-state index contributed by atoms with van der Waals surface area (Å²) in [5.41, 5.74) is 1.83. The number of carbonyl (C=O) groups excluding carboxylic acids is 1. The van der Waals surface area contributed by atoms with Gasteiger partial charge in [0.15, 0.2) is 0 Å². The van der Waals surface area contributed by atoms with Gasteiger partial charge in [-0.2, -0.15) is 4.31 Å². The van der Waals surface area contributed by atoms with Crippen LogP contribution in [0.4, 0.5) is 5.88 Å². The van der Waals surface area contributed by atoms with Gasteiger partial charge in [-0.15, -0.1) is 11.3 Å². The molecule has 1 N–H and O–H groups in total. The molecule has 1 fully saturated rings. The van der Waals surface area contributed by atoms with E-state index in [2.05, 4.69) is 10.5 Å². The van der Waals surface area contributed by atoms with Gasteiger partial charge in [-0.05, 0) is 43.6 Å². The lowest BCUT2D eigenvalue weighted by atomic mass is 10.0. The molecule has 1 aliphatic carbocycles. The van der Waals surface area contributed by atoms with Crippen LogP contribution in [0, 0.1) is 0 Å². The molecule has 1 atom stereocenters. The normalized spacial score (nSPS) is 21.2. The molecule has 2 aliphatic rings. The molecular formula is C16H19N3O4S2. The van der Waals surface area contributed by atoms with Crippen LogP contribution in [0.5, 0.6) is 0 Å². The summed E-state index contributed by atoms with van der Waals surface area (Å²) in [6.45, 7) is 0.354. The minimum absolute atomic E-state index is 0.271. The van der Waals surface area contributed by atoms with Crippen molar-refractivity contribution in [2.24, 2.45) is 0 Å². The van der Waals surface area contributed by atoms with Crippen LogP contribution in [0.25, 0.3) is 0 Å². The summed E-state index contributed by atoms with van der Waals surface area (Å²) in [7, 11) is -3.66. The third kappa shape index (κ3) is 3.00. The van der Waals surface area contributed by atoms with Crippen LogP contribution in [0.2, 0.25) is 0 Å². The maximum absolute atomic E-state index is 12.9. The number of carbonyl (C=O) groups is 1. The first-order valence-corrected chi connectivity index (χ1v) is 10.7. The Hall–Kier alpha value is -1.71. The second-order valence-electron chi connectivity index (χ2n) is 6.34. The van der Waals surface area contributed by atoms with Crippen LogP contribution in [0.1, 0.15) is 36.9 Å². The van der Waals surface area contributed by atoms with E-state index in [-0.39, 0.29) is 10.1 Å². The number of aryl methyl sites for hydroxylation is 1. The number of rotatable bonds is 4. The van der Waals surface area contributed by atoms with Crippen molar-refractivity contribution in [2.45, 2.75) is 48.8 Å². The molecule has 2 aromatic heterocycles. The Kier molecular flexibility index (Phi) is 4.38. The molecule has 0 aromatic carbocycles. The van der Waals surface area contributed by atoms with Gasteiger partial charge in [0.2, 0.25) is 11.8 Å². The molecule has 1 saturated heterocycles. The fraction of sp³-hybridized carbons (Fsp3) is 0.500. The molecule has 0 unspecified atom stereocenters.